The minimum absolute atomic E-state index is 0.231. The fourth-order valence-electron chi connectivity index (χ4n) is 1.53. The zero-order valence-corrected chi connectivity index (χ0v) is 10.6. The molecule has 0 aromatic heterocycles. The van der Waals surface area contributed by atoms with Crippen LogP contribution in [0.3, 0.4) is 0 Å². The van der Waals surface area contributed by atoms with Crippen LogP contribution in [-0.2, 0) is 4.74 Å². The van der Waals surface area contributed by atoms with Gasteiger partial charge < -0.3 is 20.7 Å². The molecule has 1 fully saturated rings. The number of amides is 1. The average molecular weight is 229 g/mol. The topological polar surface area (TPSA) is 67.6 Å². The quantitative estimate of drug-likeness (QED) is 0.741. The van der Waals surface area contributed by atoms with E-state index >= 15 is 0 Å². The standard InChI is InChI=1S/C11H23N3O2/c1-8(5-12)13-9-6-14(7-9)10(15)16-11(2,3)4/h8-9,13H,5-7,12H2,1-4H3. The van der Waals surface area contributed by atoms with E-state index in [0.29, 0.717) is 31.7 Å². The molecule has 0 radical (unpaired) electrons. The van der Waals surface area contributed by atoms with Crippen molar-refractivity contribution in [1.82, 2.24) is 10.2 Å². The van der Waals surface area contributed by atoms with Gasteiger partial charge in [0.15, 0.2) is 0 Å². The predicted molar refractivity (Wildman–Crippen MR) is 63.2 cm³/mol. The third kappa shape index (κ3) is 3.98. The minimum Gasteiger partial charge on any atom is -0.444 e. The van der Waals surface area contributed by atoms with Gasteiger partial charge in [0.05, 0.1) is 0 Å². The molecule has 0 saturated carbocycles. The highest BCUT2D eigenvalue weighted by atomic mass is 16.6. The van der Waals surface area contributed by atoms with Crippen LogP contribution >= 0.6 is 0 Å². The van der Waals surface area contributed by atoms with Gasteiger partial charge in [0.2, 0.25) is 0 Å². The zero-order valence-electron chi connectivity index (χ0n) is 10.6. The molecule has 1 aliphatic heterocycles. The Bertz CT molecular complexity index is 244. The molecule has 1 rings (SSSR count). The van der Waals surface area contributed by atoms with E-state index in [1.54, 1.807) is 4.90 Å². The summed E-state index contributed by atoms with van der Waals surface area (Å²) in [6.45, 7) is 9.68. The Morgan fingerprint density at radius 1 is 1.56 bits per heavy atom. The Balaban J connectivity index is 2.23. The number of nitrogens with two attached hydrogens (primary N) is 1. The monoisotopic (exact) mass is 229 g/mol. The summed E-state index contributed by atoms with van der Waals surface area (Å²) in [4.78, 5) is 13.3. The van der Waals surface area contributed by atoms with E-state index in [-0.39, 0.29) is 6.09 Å². The molecule has 1 saturated heterocycles. The van der Waals surface area contributed by atoms with Crippen LogP contribution in [0.4, 0.5) is 4.79 Å². The number of ether oxygens (including phenoxy) is 1. The maximum atomic E-state index is 11.6. The van der Waals surface area contributed by atoms with Gasteiger partial charge in [0, 0.05) is 31.7 Å². The lowest BCUT2D eigenvalue weighted by atomic mass is 10.1. The molecule has 5 heteroatoms. The summed E-state index contributed by atoms with van der Waals surface area (Å²) < 4.78 is 5.26. The van der Waals surface area contributed by atoms with Crippen LogP contribution in [0, 0.1) is 0 Å². The van der Waals surface area contributed by atoms with E-state index in [9.17, 15) is 4.79 Å². The molecule has 1 atom stereocenters. The smallest absolute Gasteiger partial charge is 0.410 e. The lowest BCUT2D eigenvalue weighted by molar-refractivity contribution is 0.00446. The highest BCUT2D eigenvalue weighted by Crippen LogP contribution is 2.15. The number of hydrogen-bond acceptors (Lipinski definition) is 4. The van der Waals surface area contributed by atoms with E-state index in [1.807, 2.05) is 27.7 Å². The number of rotatable bonds is 3. The van der Waals surface area contributed by atoms with Crippen LogP contribution < -0.4 is 11.1 Å². The fraction of sp³-hybridized carbons (Fsp3) is 0.909. The zero-order chi connectivity index (χ0) is 12.3. The summed E-state index contributed by atoms with van der Waals surface area (Å²) >= 11 is 0. The number of carbonyl (C=O) groups excluding carboxylic acids is 1. The van der Waals surface area contributed by atoms with Crippen molar-refractivity contribution < 1.29 is 9.53 Å². The van der Waals surface area contributed by atoms with Crippen LogP contribution in [-0.4, -0.2) is 48.3 Å². The van der Waals surface area contributed by atoms with Crippen LogP contribution in [0.2, 0.25) is 0 Å². The van der Waals surface area contributed by atoms with Gasteiger partial charge in [0.25, 0.3) is 0 Å². The Morgan fingerprint density at radius 3 is 2.56 bits per heavy atom. The molecule has 1 heterocycles. The number of nitrogens with zero attached hydrogens (tertiary/aromatic N) is 1. The summed E-state index contributed by atoms with van der Waals surface area (Å²) in [5.74, 6) is 0. The Hall–Kier alpha value is -0.810. The van der Waals surface area contributed by atoms with Gasteiger partial charge >= 0.3 is 6.09 Å². The highest BCUT2D eigenvalue weighted by Gasteiger charge is 2.33. The molecule has 1 unspecified atom stereocenters. The Labute approximate surface area is 97.3 Å². The lowest BCUT2D eigenvalue weighted by Gasteiger charge is -2.41. The molecule has 0 bridgehead atoms. The van der Waals surface area contributed by atoms with E-state index in [2.05, 4.69) is 5.32 Å². The van der Waals surface area contributed by atoms with Crippen LogP contribution in [0.15, 0.2) is 0 Å². The third-order valence-electron chi connectivity index (χ3n) is 2.41. The molecule has 3 N–H and O–H groups in total. The van der Waals surface area contributed by atoms with Gasteiger partial charge in [-0.15, -0.1) is 0 Å². The molecular formula is C11H23N3O2. The first-order chi connectivity index (χ1) is 7.31. The maximum absolute atomic E-state index is 11.6. The predicted octanol–water partition coefficient (Wildman–Crippen LogP) is 0.543. The van der Waals surface area contributed by atoms with Crippen molar-refractivity contribution in [3.8, 4) is 0 Å². The van der Waals surface area contributed by atoms with E-state index in [1.165, 1.54) is 0 Å². The summed E-state index contributed by atoms with van der Waals surface area (Å²) in [6.07, 6.45) is -0.231. The molecular weight excluding hydrogens is 206 g/mol. The number of nitrogens with one attached hydrogen (secondary N) is 1. The average Bonchev–Trinajstić information content (AvgIpc) is 2.06. The van der Waals surface area contributed by atoms with Crippen molar-refractivity contribution in [2.45, 2.75) is 45.4 Å². The SMILES string of the molecule is CC(CN)NC1CN(C(=O)OC(C)(C)C)C1. The minimum atomic E-state index is -0.417. The summed E-state index contributed by atoms with van der Waals surface area (Å²) in [5.41, 5.74) is 5.09. The highest BCUT2D eigenvalue weighted by molar-refractivity contribution is 5.69. The third-order valence-corrected chi connectivity index (χ3v) is 2.41. The van der Waals surface area contributed by atoms with Crippen molar-refractivity contribution in [1.29, 1.82) is 0 Å². The molecule has 0 aromatic carbocycles. The molecule has 5 nitrogen and oxygen atoms in total. The molecule has 0 aliphatic carbocycles. The first-order valence-electron chi connectivity index (χ1n) is 5.76. The van der Waals surface area contributed by atoms with E-state index in [4.69, 9.17) is 10.5 Å². The summed E-state index contributed by atoms with van der Waals surface area (Å²) in [5, 5.41) is 3.34. The van der Waals surface area contributed by atoms with E-state index in [0.717, 1.165) is 0 Å². The van der Waals surface area contributed by atoms with Crippen molar-refractivity contribution in [2.75, 3.05) is 19.6 Å². The molecule has 0 aromatic rings. The first kappa shape index (κ1) is 13.3. The van der Waals surface area contributed by atoms with Gasteiger partial charge in [-0.1, -0.05) is 0 Å². The second kappa shape index (κ2) is 5.01. The molecule has 94 valence electrons. The fourth-order valence-corrected chi connectivity index (χ4v) is 1.53. The van der Waals surface area contributed by atoms with Crippen molar-refractivity contribution in [3.63, 3.8) is 0 Å². The second-order valence-corrected chi connectivity index (χ2v) is 5.39. The second-order valence-electron chi connectivity index (χ2n) is 5.39. The largest absolute Gasteiger partial charge is 0.444 e. The molecule has 1 aliphatic rings. The first-order valence-corrected chi connectivity index (χ1v) is 5.76. The molecule has 0 spiro atoms. The maximum Gasteiger partial charge on any atom is 0.410 e. The van der Waals surface area contributed by atoms with Crippen molar-refractivity contribution in [3.05, 3.63) is 0 Å². The lowest BCUT2D eigenvalue weighted by Crippen LogP contribution is -2.62. The van der Waals surface area contributed by atoms with Crippen molar-refractivity contribution in [2.24, 2.45) is 5.73 Å². The Kier molecular flexibility index (Phi) is 4.15. The van der Waals surface area contributed by atoms with Crippen molar-refractivity contribution >= 4 is 6.09 Å². The summed E-state index contributed by atoms with van der Waals surface area (Å²) in [6, 6.07) is 0.650. The number of hydrogen-bond donors (Lipinski definition) is 2. The Morgan fingerprint density at radius 2 is 2.12 bits per heavy atom. The van der Waals surface area contributed by atoms with Gasteiger partial charge in [0.1, 0.15) is 5.60 Å². The van der Waals surface area contributed by atoms with Gasteiger partial charge in [-0.3, -0.25) is 0 Å². The summed E-state index contributed by atoms with van der Waals surface area (Å²) in [7, 11) is 0. The normalized spacial score (nSPS) is 19.2. The molecule has 1 amide bonds. The van der Waals surface area contributed by atoms with Crippen LogP contribution in [0.5, 0.6) is 0 Å². The van der Waals surface area contributed by atoms with Gasteiger partial charge in [-0.05, 0) is 27.7 Å². The van der Waals surface area contributed by atoms with Crippen LogP contribution in [0.1, 0.15) is 27.7 Å². The van der Waals surface area contributed by atoms with E-state index < -0.39 is 5.60 Å². The van der Waals surface area contributed by atoms with Gasteiger partial charge in [-0.25, -0.2) is 4.79 Å². The molecule has 16 heavy (non-hydrogen) atoms. The van der Waals surface area contributed by atoms with Gasteiger partial charge in [-0.2, -0.15) is 0 Å². The number of likely N-dealkylation sites (tertiary alicyclic amines) is 1. The number of carbonyl (C=O) groups is 1. The van der Waals surface area contributed by atoms with Crippen LogP contribution in [0.25, 0.3) is 0 Å².